The van der Waals surface area contributed by atoms with Crippen LogP contribution in [0.2, 0.25) is 0 Å². The second kappa shape index (κ2) is 19.3. The summed E-state index contributed by atoms with van der Waals surface area (Å²) in [5, 5.41) is 12.7. The smallest absolute Gasteiger partial charge is 0.234 e. The van der Waals surface area contributed by atoms with Gasteiger partial charge in [0.1, 0.15) is 5.78 Å². The van der Waals surface area contributed by atoms with Crippen molar-refractivity contribution < 1.29 is 14.7 Å². The van der Waals surface area contributed by atoms with Gasteiger partial charge in [-0.15, -0.1) is 0 Å². The number of hydrogen-bond acceptors (Lipinski definition) is 4. The minimum Gasteiger partial charge on any atom is -0.397 e. The van der Waals surface area contributed by atoms with E-state index in [-0.39, 0.29) is 31.4 Å². The zero-order valence-electron chi connectivity index (χ0n) is 18.1. The number of aryl methyl sites for hydroxylation is 1. The number of carbonyl (C=O) groups is 2. The van der Waals surface area contributed by atoms with Crippen molar-refractivity contribution >= 4 is 11.7 Å². The lowest BCUT2D eigenvalue weighted by atomic mass is 10.0. The van der Waals surface area contributed by atoms with Crippen molar-refractivity contribution in [1.82, 2.24) is 10.6 Å². The number of ketones is 1. The molecule has 5 heteroatoms. The first-order valence-electron chi connectivity index (χ1n) is 9.58. The molecule has 0 saturated carbocycles. The van der Waals surface area contributed by atoms with E-state index in [1.54, 1.807) is 14.0 Å². The maximum Gasteiger partial charge on any atom is 0.234 e. The van der Waals surface area contributed by atoms with Crippen LogP contribution in [0.3, 0.4) is 0 Å². The summed E-state index contributed by atoms with van der Waals surface area (Å²) in [6.07, 6.45) is 0. The molecule has 0 bridgehead atoms. The van der Waals surface area contributed by atoms with Gasteiger partial charge in [0.15, 0.2) is 0 Å². The topological polar surface area (TPSA) is 78.4 Å². The Hall–Kier alpha value is -2.50. The highest BCUT2D eigenvalue weighted by atomic mass is 16.2. The second-order valence-electron chi connectivity index (χ2n) is 5.56. The summed E-state index contributed by atoms with van der Waals surface area (Å²) in [5.41, 5.74) is 3.87. The molecule has 5 nitrogen and oxygen atoms in total. The number of carbonyl (C=O) groups excluding carboxylic acids is 2. The molecule has 3 N–H and O–H groups in total. The van der Waals surface area contributed by atoms with Gasteiger partial charge in [-0.05, 0) is 38.9 Å². The van der Waals surface area contributed by atoms with Gasteiger partial charge < -0.3 is 15.7 Å². The highest BCUT2D eigenvalue weighted by Crippen LogP contribution is 2.18. The van der Waals surface area contributed by atoms with E-state index in [0.29, 0.717) is 0 Å². The van der Waals surface area contributed by atoms with Crippen LogP contribution in [-0.2, 0) is 9.59 Å². The molecule has 0 aliphatic heterocycles. The summed E-state index contributed by atoms with van der Waals surface area (Å²) in [7, 11) is 1.67. The lowest BCUT2D eigenvalue weighted by molar-refractivity contribution is -0.123. The third kappa shape index (κ3) is 15.7. The summed E-state index contributed by atoms with van der Waals surface area (Å²) in [4.78, 5) is 20.9. The molecule has 0 saturated heterocycles. The van der Waals surface area contributed by atoms with Crippen LogP contribution in [0, 0.1) is 6.92 Å². The summed E-state index contributed by atoms with van der Waals surface area (Å²) in [6.45, 7) is 9.85. The second-order valence-corrected chi connectivity index (χ2v) is 5.56. The molecular weight excluding hydrogens is 352 g/mol. The number of likely N-dealkylation sites (N-methyl/N-ethyl adjacent to an activating group) is 1. The van der Waals surface area contributed by atoms with Crippen LogP contribution in [0.4, 0.5) is 0 Å². The van der Waals surface area contributed by atoms with Crippen molar-refractivity contribution in [2.45, 2.75) is 34.6 Å². The largest absolute Gasteiger partial charge is 0.397 e. The Morgan fingerprint density at radius 3 is 1.79 bits per heavy atom. The van der Waals surface area contributed by atoms with Crippen molar-refractivity contribution in [1.29, 1.82) is 0 Å². The Bertz CT molecular complexity index is 626. The maximum atomic E-state index is 10.6. The third-order valence-corrected chi connectivity index (χ3v) is 3.03. The molecule has 0 aromatic heterocycles. The van der Waals surface area contributed by atoms with E-state index in [1.807, 2.05) is 19.9 Å². The number of rotatable bonds is 5. The number of benzene rings is 2. The molecule has 0 heterocycles. The van der Waals surface area contributed by atoms with Crippen LogP contribution in [0.25, 0.3) is 11.1 Å². The van der Waals surface area contributed by atoms with Gasteiger partial charge in [0, 0.05) is 6.61 Å². The van der Waals surface area contributed by atoms with Gasteiger partial charge in [-0.3, -0.25) is 9.59 Å². The van der Waals surface area contributed by atoms with Crippen LogP contribution >= 0.6 is 0 Å². The highest BCUT2D eigenvalue weighted by Gasteiger charge is 1.98. The molecule has 0 fully saturated rings. The predicted octanol–water partition coefficient (Wildman–Crippen LogP) is 3.60. The highest BCUT2D eigenvalue weighted by molar-refractivity contribution is 5.85. The number of hydrogen-bond donors (Lipinski definition) is 3. The quantitative estimate of drug-likeness (QED) is 0.731. The molecular formula is C23H36N2O3. The first kappa shape index (κ1) is 27.7. The van der Waals surface area contributed by atoms with Gasteiger partial charge >= 0.3 is 0 Å². The molecule has 2 rings (SSSR count). The molecule has 0 unspecified atom stereocenters. The first-order chi connectivity index (χ1) is 13.4. The van der Waals surface area contributed by atoms with E-state index in [0.717, 1.165) is 0 Å². The van der Waals surface area contributed by atoms with Crippen molar-refractivity contribution in [3.8, 4) is 11.1 Å². The molecule has 0 aliphatic rings. The monoisotopic (exact) mass is 388 g/mol. The Balaban J connectivity index is 0. The zero-order chi connectivity index (χ0) is 21.8. The molecule has 156 valence electrons. The van der Waals surface area contributed by atoms with E-state index in [9.17, 15) is 9.59 Å². The maximum absolute atomic E-state index is 10.6. The molecule has 28 heavy (non-hydrogen) atoms. The number of amides is 1. The van der Waals surface area contributed by atoms with E-state index < -0.39 is 0 Å². The van der Waals surface area contributed by atoms with E-state index in [2.05, 4.69) is 66.1 Å². The van der Waals surface area contributed by atoms with Crippen LogP contribution in [0.15, 0.2) is 54.6 Å². The van der Waals surface area contributed by atoms with Gasteiger partial charge in [0.05, 0.1) is 13.1 Å². The van der Waals surface area contributed by atoms with Crippen LogP contribution in [0.1, 0.15) is 33.3 Å². The van der Waals surface area contributed by atoms with Crippen molar-refractivity contribution in [2.75, 3.05) is 26.7 Å². The summed E-state index contributed by atoms with van der Waals surface area (Å²) >= 11 is 0. The normalized spacial score (nSPS) is 8.68. The minimum absolute atomic E-state index is 0.0375. The standard InChI is InChI=1S/C13H12.C6H12N2O2.C2H6O.C2H6/c1-11-7-9-13(10-8-11)12-5-3-2-4-6-12;1-5(9)3-8-6(10)4-7-2;1-2-3;1-2/h2-10H,1H3;7H,3-4H2,1-2H3,(H,8,10);3H,2H2,1H3;1-2H3. The lowest BCUT2D eigenvalue weighted by Gasteiger charge is -2.00. The van der Waals surface area contributed by atoms with Crippen LogP contribution < -0.4 is 10.6 Å². The fourth-order valence-corrected chi connectivity index (χ4v) is 1.82. The zero-order valence-corrected chi connectivity index (χ0v) is 18.1. The molecule has 2 aromatic carbocycles. The average Bonchev–Trinajstić information content (AvgIpc) is 2.71. The Morgan fingerprint density at radius 2 is 1.36 bits per heavy atom. The molecule has 2 aromatic rings. The van der Waals surface area contributed by atoms with Crippen molar-refractivity contribution in [3.05, 3.63) is 60.2 Å². The first-order valence-corrected chi connectivity index (χ1v) is 9.58. The van der Waals surface area contributed by atoms with Gasteiger partial charge in [0.25, 0.3) is 0 Å². The Kier molecular flexibility index (Phi) is 19.1. The third-order valence-electron chi connectivity index (χ3n) is 3.03. The van der Waals surface area contributed by atoms with Gasteiger partial charge in [-0.2, -0.15) is 0 Å². The summed E-state index contributed by atoms with van der Waals surface area (Å²) in [6, 6.07) is 19.0. The number of Topliss-reactive ketones (excluding diaryl/α,β-unsaturated/α-hetero) is 1. The number of aliphatic hydroxyl groups is 1. The molecule has 0 radical (unpaired) electrons. The molecule has 0 aliphatic carbocycles. The average molecular weight is 389 g/mol. The van der Waals surface area contributed by atoms with Gasteiger partial charge in [-0.25, -0.2) is 0 Å². The predicted molar refractivity (Wildman–Crippen MR) is 118 cm³/mol. The summed E-state index contributed by atoms with van der Waals surface area (Å²) < 4.78 is 0. The Morgan fingerprint density at radius 1 is 0.893 bits per heavy atom. The minimum atomic E-state index is -0.155. The van der Waals surface area contributed by atoms with Crippen LogP contribution in [0.5, 0.6) is 0 Å². The Labute approximate surface area is 170 Å². The SMILES string of the molecule is CC.CCO.CNCC(=O)NCC(C)=O.Cc1ccc(-c2ccccc2)cc1. The molecule has 0 atom stereocenters. The fraction of sp³-hybridized carbons (Fsp3) is 0.391. The van der Waals surface area contributed by atoms with E-state index in [4.69, 9.17) is 5.11 Å². The molecule has 0 spiro atoms. The fourth-order valence-electron chi connectivity index (χ4n) is 1.82. The number of aliphatic hydroxyl groups excluding tert-OH is 1. The van der Waals surface area contributed by atoms with E-state index in [1.165, 1.54) is 23.6 Å². The van der Waals surface area contributed by atoms with Gasteiger partial charge in [0.2, 0.25) is 5.91 Å². The lowest BCUT2D eigenvalue weighted by Crippen LogP contribution is -2.34. The van der Waals surface area contributed by atoms with Gasteiger partial charge in [-0.1, -0.05) is 74.0 Å². The van der Waals surface area contributed by atoms with Crippen molar-refractivity contribution in [3.63, 3.8) is 0 Å². The molecule has 1 amide bonds. The summed E-state index contributed by atoms with van der Waals surface area (Å²) in [5.74, 6) is -0.192. The van der Waals surface area contributed by atoms with Crippen molar-refractivity contribution in [2.24, 2.45) is 0 Å². The van der Waals surface area contributed by atoms with Crippen LogP contribution in [-0.4, -0.2) is 43.5 Å². The van der Waals surface area contributed by atoms with E-state index >= 15 is 0 Å². The number of nitrogens with one attached hydrogen (secondary N) is 2.